The summed E-state index contributed by atoms with van der Waals surface area (Å²) in [6.07, 6.45) is 4.99. The Bertz CT molecular complexity index is 595. The van der Waals surface area contributed by atoms with Gasteiger partial charge in [-0.3, -0.25) is 0 Å². The van der Waals surface area contributed by atoms with E-state index in [1.807, 2.05) is 0 Å². The van der Waals surface area contributed by atoms with Gasteiger partial charge in [-0.15, -0.1) is 0 Å². The molecule has 2 fully saturated rings. The van der Waals surface area contributed by atoms with Crippen LogP contribution in [0.3, 0.4) is 0 Å². The number of rotatable bonds is 6. The van der Waals surface area contributed by atoms with Crippen molar-refractivity contribution in [3.8, 4) is 0 Å². The van der Waals surface area contributed by atoms with Crippen LogP contribution in [0.4, 0.5) is 11.4 Å². The lowest BCUT2D eigenvalue weighted by atomic mass is 10.1. The van der Waals surface area contributed by atoms with Gasteiger partial charge in [0, 0.05) is 11.7 Å². The van der Waals surface area contributed by atoms with Crippen molar-refractivity contribution in [2.45, 2.75) is 36.6 Å². The van der Waals surface area contributed by atoms with Gasteiger partial charge in [0.2, 0.25) is 10.0 Å². The lowest BCUT2D eigenvalue weighted by Crippen LogP contribution is -2.27. The summed E-state index contributed by atoms with van der Waals surface area (Å²) in [5.41, 5.74) is 6.86. The molecule has 0 atom stereocenters. The average molecular weight is 295 g/mol. The zero-order chi connectivity index (χ0) is 14.3. The Balaban J connectivity index is 1.92. The van der Waals surface area contributed by atoms with E-state index in [-0.39, 0.29) is 4.90 Å². The molecular formula is C14H21N3O2S. The maximum Gasteiger partial charge on any atom is 0.242 e. The summed E-state index contributed by atoms with van der Waals surface area (Å²) < 4.78 is 26.6. The molecule has 1 aromatic carbocycles. The van der Waals surface area contributed by atoms with Gasteiger partial charge in [0.25, 0.3) is 0 Å². The quantitative estimate of drug-likeness (QED) is 0.698. The van der Waals surface area contributed by atoms with Crippen molar-refractivity contribution in [2.75, 3.05) is 18.1 Å². The standard InChI is InChI=1S/C14H21N3O2S/c1-16-20(18,19)13-8-11(15)6-7-12(13)17-14(9-2-3-9)10-4-5-10/h6-10,14,16-17H,2-5,15H2,1H3. The van der Waals surface area contributed by atoms with Crippen molar-refractivity contribution in [3.63, 3.8) is 0 Å². The van der Waals surface area contributed by atoms with Crippen molar-refractivity contribution in [1.82, 2.24) is 4.72 Å². The Morgan fingerprint density at radius 3 is 2.30 bits per heavy atom. The first-order chi connectivity index (χ1) is 9.51. The molecule has 4 N–H and O–H groups in total. The first kappa shape index (κ1) is 13.7. The fraction of sp³-hybridized carbons (Fsp3) is 0.571. The SMILES string of the molecule is CNS(=O)(=O)c1cc(N)ccc1NC(C1CC1)C1CC1. The van der Waals surface area contributed by atoms with Gasteiger partial charge in [0.05, 0.1) is 5.69 Å². The van der Waals surface area contributed by atoms with Crippen LogP contribution in [0.15, 0.2) is 23.1 Å². The molecule has 3 rings (SSSR count). The van der Waals surface area contributed by atoms with Crippen LogP contribution in [0, 0.1) is 11.8 Å². The minimum atomic E-state index is -3.50. The second-order valence-electron chi connectivity index (χ2n) is 5.81. The minimum absolute atomic E-state index is 0.242. The maximum absolute atomic E-state index is 12.1. The summed E-state index contributed by atoms with van der Waals surface area (Å²) in [5, 5.41) is 3.46. The molecule has 0 unspecified atom stereocenters. The number of hydrogen-bond donors (Lipinski definition) is 3. The molecule has 0 aliphatic heterocycles. The first-order valence-electron chi connectivity index (χ1n) is 7.11. The van der Waals surface area contributed by atoms with Gasteiger partial charge in [-0.1, -0.05) is 0 Å². The van der Waals surface area contributed by atoms with Crippen LogP contribution in [0.1, 0.15) is 25.7 Å². The maximum atomic E-state index is 12.1. The molecule has 0 amide bonds. The molecule has 0 saturated heterocycles. The normalized spacial score (nSPS) is 19.3. The van der Waals surface area contributed by atoms with Gasteiger partial charge in [-0.25, -0.2) is 13.1 Å². The van der Waals surface area contributed by atoms with Gasteiger partial charge in [-0.2, -0.15) is 0 Å². The topological polar surface area (TPSA) is 84.2 Å². The first-order valence-corrected chi connectivity index (χ1v) is 8.59. The summed E-state index contributed by atoms with van der Waals surface area (Å²) in [7, 11) is -2.08. The minimum Gasteiger partial charge on any atom is -0.399 e. The van der Waals surface area contributed by atoms with E-state index in [1.165, 1.54) is 38.8 Å². The number of hydrogen-bond acceptors (Lipinski definition) is 4. The van der Waals surface area contributed by atoms with Crippen LogP contribution >= 0.6 is 0 Å². The number of nitrogens with one attached hydrogen (secondary N) is 2. The third-order valence-corrected chi connectivity index (χ3v) is 5.60. The second-order valence-corrected chi connectivity index (χ2v) is 7.66. The average Bonchev–Trinajstić information content (AvgIpc) is 3.28. The zero-order valence-corrected chi connectivity index (χ0v) is 12.4. The molecular weight excluding hydrogens is 274 g/mol. The lowest BCUT2D eigenvalue weighted by Gasteiger charge is -2.21. The van der Waals surface area contributed by atoms with E-state index in [1.54, 1.807) is 12.1 Å². The molecule has 2 aliphatic rings. The van der Waals surface area contributed by atoms with E-state index in [0.29, 0.717) is 29.3 Å². The monoisotopic (exact) mass is 295 g/mol. The predicted octanol–water partition coefficient (Wildman–Crippen LogP) is 1.78. The van der Waals surface area contributed by atoms with E-state index in [4.69, 9.17) is 5.73 Å². The van der Waals surface area contributed by atoms with Crippen LogP contribution in [0.25, 0.3) is 0 Å². The van der Waals surface area contributed by atoms with Crippen LogP contribution in [-0.2, 0) is 10.0 Å². The van der Waals surface area contributed by atoms with E-state index in [9.17, 15) is 8.42 Å². The smallest absolute Gasteiger partial charge is 0.242 e. The van der Waals surface area contributed by atoms with Crippen molar-refractivity contribution < 1.29 is 8.42 Å². The van der Waals surface area contributed by atoms with Gasteiger partial charge in [0.1, 0.15) is 4.90 Å². The molecule has 0 aromatic heterocycles. The molecule has 0 spiro atoms. The Morgan fingerprint density at radius 1 is 1.20 bits per heavy atom. The number of anilines is 2. The highest BCUT2D eigenvalue weighted by Gasteiger charge is 2.41. The zero-order valence-electron chi connectivity index (χ0n) is 11.6. The highest BCUT2D eigenvalue weighted by Crippen LogP contribution is 2.46. The third kappa shape index (κ3) is 2.76. The van der Waals surface area contributed by atoms with Gasteiger partial charge < -0.3 is 11.1 Å². The van der Waals surface area contributed by atoms with Crippen LogP contribution < -0.4 is 15.8 Å². The number of benzene rings is 1. The Hall–Kier alpha value is -1.27. The largest absolute Gasteiger partial charge is 0.399 e. The molecule has 0 heterocycles. The molecule has 0 radical (unpaired) electrons. The van der Waals surface area contributed by atoms with E-state index >= 15 is 0 Å². The van der Waals surface area contributed by atoms with Crippen molar-refractivity contribution in [2.24, 2.45) is 11.8 Å². The van der Waals surface area contributed by atoms with Crippen molar-refractivity contribution >= 4 is 21.4 Å². The molecule has 0 bridgehead atoms. The van der Waals surface area contributed by atoms with Crippen LogP contribution in [-0.4, -0.2) is 21.5 Å². The predicted molar refractivity (Wildman–Crippen MR) is 80.0 cm³/mol. The molecule has 6 heteroatoms. The Labute approximate surface area is 120 Å². The highest BCUT2D eigenvalue weighted by atomic mass is 32.2. The lowest BCUT2D eigenvalue weighted by molar-refractivity contribution is 0.564. The van der Waals surface area contributed by atoms with Crippen molar-refractivity contribution in [1.29, 1.82) is 0 Å². The molecule has 110 valence electrons. The summed E-state index contributed by atoms with van der Waals surface area (Å²) in [4.78, 5) is 0.242. The van der Waals surface area contributed by atoms with Gasteiger partial charge >= 0.3 is 0 Å². The number of sulfonamides is 1. The second kappa shape index (κ2) is 4.93. The van der Waals surface area contributed by atoms with Crippen LogP contribution in [0.2, 0.25) is 0 Å². The van der Waals surface area contributed by atoms with E-state index in [2.05, 4.69) is 10.0 Å². The van der Waals surface area contributed by atoms with Crippen molar-refractivity contribution in [3.05, 3.63) is 18.2 Å². The summed E-state index contributed by atoms with van der Waals surface area (Å²) in [6.45, 7) is 0. The van der Waals surface area contributed by atoms with E-state index in [0.717, 1.165) is 0 Å². The van der Waals surface area contributed by atoms with Gasteiger partial charge in [-0.05, 0) is 62.8 Å². The Kier molecular flexibility index (Phi) is 3.38. The molecule has 2 saturated carbocycles. The summed E-state index contributed by atoms with van der Waals surface area (Å²) >= 11 is 0. The van der Waals surface area contributed by atoms with Gasteiger partial charge in [0.15, 0.2) is 0 Å². The molecule has 20 heavy (non-hydrogen) atoms. The fourth-order valence-corrected chi connectivity index (χ4v) is 3.63. The Morgan fingerprint density at radius 2 is 1.80 bits per heavy atom. The summed E-state index contributed by atoms with van der Waals surface area (Å²) in [5.74, 6) is 1.40. The van der Waals surface area contributed by atoms with E-state index < -0.39 is 10.0 Å². The fourth-order valence-electron chi connectivity index (χ4n) is 2.70. The molecule has 5 nitrogen and oxygen atoms in total. The third-order valence-electron chi connectivity index (χ3n) is 4.15. The molecule has 2 aliphatic carbocycles. The highest BCUT2D eigenvalue weighted by molar-refractivity contribution is 7.89. The molecule has 1 aromatic rings. The summed E-state index contributed by atoms with van der Waals surface area (Å²) in [6, 6.07) is 5.44. The number of nitrogen functional groups attached to an aromatic ring is 1. The van der Waals surface area contributed by atoms with Crippen LogP contribution in [0.5, 0.6) is 0 Å². The number of nitrogens with two attached hydrogens (primary N) is 1.